The summed E-state index contributed by atoms with van der Waals surface area (Å²) in [5.74, 6) is -0.989. The van der Waals surface area contributed by atoms with Gasteiger partial charge in [-0.2, -0.15) is 4.68 Å². The molecule has 10 heteroatoms. The number of para-hydroxylation sites is 1. The first-order valence-electron chi connectivity index (χ1n) is 8.83. The Morgan fingerprint density at radius 2 is 1.87 bits per heavy atom. The smallest absolute Gasteiger partial charge is 0.352 e. The van der Waals surface area contributed by atoms with Gasteiger partial charge in [-0.1, -0.05) is 18.2 Å². The average molecular weight is 414 g/mol. The predicted octanol–water partition coefficient (Wildman–Crippen LogP) is 1.56. The number of rotatable bonds is 6. The van der Waals surface area contributed by atoms with E-state index in [2.05, 4.69) is 10.4 Å². The summed E-state index contributed by atoms with van der Waals surface area (Å²) in [7, 11) is 2.73. The third-order valence-electron chi connectivity index (χ3n) is 4.25. The summed E-state index contributed by atoms with van der Waals surface area (Å²) in [6.45, 7) is 1.13. The Hall–Kier alpha value is -3.95. The average Bonchev–Trinajstić information content (AvgIpc) is 2.73. The van der Waals surface area contributed by atoms with Crippen LogP contribution in [0.5, 0.6) is 11.6 Å². The summed E-state index contributed by atoms with van der Waals surface area (Å²) in [6, 6.07) is 10.6. The number of hydrogen-bond donors (Lipinski definition) is 1. The molecule has 0 spiro atoms. The van der Waals surface area contributed by atoms with Gasteiger partial charge in [0.2, 0.25) is 5.91 Å². The summed E-state index contributed by atoms with van der Waals surface area (Å²) in [4.78, 5) is 37.0. The van der Waals surface area contributed by atoms with Crippen LogP contribution in [0.2, 0.25) is 0 Å². The van der Waals surface area contributed by atoms with Crippen molar-refractivity contribution < 1.29 is 18.7 Å². The van der Waals surface area contributed by atoms with Gasteiger partial charge in [0.05, 0.1) is 32.1 Å². The number of carbonyl (C=O) groups excluding carboxylic acids is 1. The normalized spacial score (nSPS) is 10.5. The molecule has 9 nitrogen and oxygen atoms in total. The van der Waals surface area contributed by atoms with Gasteiger partial charge in [0.1, 0.15) is 11.6 Å². The highest BCUT2D eigenvalue weighted by atomic mass is 19.1. The highest BCUT2D eigenvalue weighted by molar-refractivity contribution is 5.89. The Labute approximate surface area is 170 Å². The summed E-state index contributed by atoms with van der Waals surface area (Å²) in [5.41, 5.74) is -0.898. The van der Waals surface area contributed by atoms with E-state index in [1.165, 1.54) is 33.3 Å². The predicted molar refractivity (Wildman–Crippen MR) is 107 cm³/mol. The van der Waals surface area contributed by atoms with E-state index in [0.29, 0.717) is 11.3 Å². The lowest BCUT2D eigenvalue weighted by Crippen LogP contribution is -2.41. The van der Waals surface area contributed by atoms with Gasteiger partial charge in [-0.3, -0.25) is 9.59 Å². The lowest BCUT2D eigenvalue weighted by molar-refractivity contribution is -0.114. The van der Waals surface area contributed by atoms with E-state index < -0.39 is 23.0 Å². The van der Waals surface area contributed by atoms with Gasteiger partial charge in [0.15, 0.2) is 0 Å². The van der Waals surface area contributed by atoms with Crippen molar-refractivity contribution in [3.05, 3.63) is 74.7 Å². The molecule has 1 amide bonds. The van der Waals surface area contributed by atoms with E-state index in [0.717, 1.165) is 15.3 Å². The number of halogens is 1. The zero-order valence-electron chi connectivity index (χ0n) is 16.5. The zero-order valence-corrected chi connectivity index (χ0v) is 16.5. The van der Waals surface area contributed by atoms with Crippen LogP contribution >= 0.6 is 0 Å². The van der Waals surface area contributed by atoms with Crippen LogP contribution in [-0.4, -0.2) is 34.5 Å². The number of hydrogen-bond acceptors (Lipinski definition) is 6. The maximum absolute atomic E-state index is 14.0. The molecule has 3 aromatic rings. The lowest BCUT2D eigenvalue weighted by atomic mass is 10.2. The molecule has 1 heterocycles. The molecule has 0 unspecified atom stereocenters. The molecular weight excluding hydrogens is 395 g/mol. The summed E-state index contributed by atoms with van der Waals surface area (Å²) in [6.07, 6.45) is 0. The van der Waals surface area contributed by atoms with Gasteiger partial charge < -0.3 is 14.8 Å². The number of aromatic nitrogens is 3. The molecule has 0 bridgehead atoms. The quantitative estimate of drug-likeness (QED) is 0.656. The second-order valence-corrected chi connectivity index (χ2v) is 6.25. The van der Waals surface area contributed by atoms with E-state index in [9.17, 15) is 18.8 Å². The van der Waals surface area contributed by atoms with Crippen LogP contribution in [0, 0.1) is 5.82 Å². The summed E-state index contributed by atoms with van der Waals surface area (Å²) >= 11 is 0. The molecule has 0 aliphatic carbocycles. The zero-order chi connectivity index (χ0) is 21.8. The molecule has 1 N–H and O–H groups in total. The molecule has 0 fully saturated rings. The van der Waals surface area contributed by atoms with Crippen LogP contribution in [-0.2, 0) is 11.3 Å². The van der Waals surface area contributed by atoms with Crippen LogP contribution in [0.15, 0.2) is 52.1 Å². The Morgan fingerprint density at radius 1 is 1.13 bits per heavy atom. The molecule has 0 radical (unpaired) electrons. The molecule has 0 atom stereocenters. The number of amides is 1. The van der Waals surface area contributed by atoms with Crippen molar-refractivity contribution in [3.8, 4) is 17.3 Å². The topological polar surface area (TPSA) is 104 Å². The molecule has 30 heavy (non-hydrogen) atoms. The van der Waals surface area contributed by atoms with E-state index in [1.807, 2.05) is 0 Å². The highest BCUT2D eigenvalue weighted by Gasteiger charge is 2.17. The van der Waals surface area contributed by atoms with E-state index >= 15 is 0 Å². The van der Waals surface area contributed by atoms with Gasteiger partial charge in [-0.15, -0.1) is 5.10 Å². The minimum absolute atomic E-state index is 0.0969. The fourth-order valence-electron chi connectivity index (χ4n) is 2.86. The number of carbonyl (C=O) groups is 1. The number of nitrogens with zero attached hydrogens (tertiary/aromatic N) is 3. The van der Waals surface area contributed by atoms with Gasteiger partial charge in [-0.05, 0) is 24.3 Å². The monoisotopic (exact) mass is 414 g/mol. The summed E-state index contributed by atoms with van der Waals surface area (Å²) < 4.78 is 26.1. The standard InChI is InChI=1S/C20H19FN4O5/c1-12(26)22-16-10-14(8-9-15(16)21)25-20(28)24(19(27)18(23-25)30-3)11-13-6-4-5-7-17(13)29-2/h4-10H,11H2,1-3H3,(H,22,26). The van der Waals surface area contributed by atoms with Crippen molar-refractivity contribution in [1.82, 2.24) is 14.3 Å². The van der Waals surface area contributed by atoms with E-state index in [4.69, 9.17) is 9.47 Å². The molecule has 2 aromatic carbocycles. The van der Waals surface area contributed by atoms with Gasteiger partial charge >= 0.3 is 11.2 Å². The first kappa shape index (κ1) is 20.8. The minimum Gasteiger partial charge on any atom is -0.496 e. The third kappa shape index (κ3) is 4.07. The Kier molecular flexibility index (Phi) is 5.95. The SMILES string of the molecule is COc1ccccc1Cn1c(=O)c(OC)nn(-c2ccc(F)c(NC(C)=O)c2)c1=O. The lowest BCUT2D eigenvalue weighted by Gasteiger charge is -2.14. The minimum atomic E-state index is -0.771. The van der Waals surface area contributed by atoms with Crippen LogP contribution in [0.4, 0.5) is 10.1 Å². The molecule has 0 saturated carbocycles. The molecular formula is C20H19FN4O5. The van der Waals surface area contributed by atoms with Crippen molar-refractivity contribution in [3.63, 3.8) is 0 Å². The number of methoxy groups -OCH3 is 2. The number of anilines is 1. The maximum atomic E-state index is 14.0. The first-order chi connectivity index (χ1) is 14.3. The highest BCUT2D eigenvalue weighted by Crippen LogP contribution is 2.19. The maximum Gasteiger partial charge on any atom is 0.352 e. The summed E-state index contributed by atoms with van der Waals surface area (Å²) in [5, 5.41) is 6.28. The molecule has 0 saturated heterocycles. The van der Waals surface area contributed by atoms with Crippen LogP contribution < -0.4 is 26.0 Å². The van der Waals surface area contributed by atoms with Crippen LogP contribution in [0.1, 0.15) is 12.5 Å². The van der Waals surface area contributed by atoms with Gasteiger partial charge in [0.25, 0.3) is 5.88 Å². The number of ether oxygens (including phenoxy) is 2. The molecule has 0 aliphatic rings. The van der Waals surface area contributed by atoms with Crippen molar-refractivity contribution >= 4 is 11.6 Å². The van der Waals surface area contributed by atoms with E-state index in [-0.39, 0.29) is 23.8 Å². The first-order valence-corrected chi connectivity index (χ1v) is 8.83. The second-order valence-electron chi connectivity index (χ2n) is 6.25. The third-order valence-corrected chi connectivity index (χ3v) is 4.25. The van der Waals surface area contributed by atoms with Gasteiger partial charge in [0, 0.05) is 12.5 Å². The fraction of sp³-hybridized carbons (Fsp3) is 0.200. The molecule has 1 aromatic heterocycles. The van der Waals surface area contributed by atoms with Crippen molar-refractivity contribution in [2.45, 2.75) is 13.5 Å². The fourth-order valence-corrected chi connectivity index (χ4v) is 2.86. The van der Waals surface area contributed by atoms with Crippen molar-refractivity contribution in [2.75, 3.05) is 19.5 Å². The van der Waals surface area contributed by atoms with Crippen molar-refractivity contribution in [1.29, 1.82) is 0 Å². The van der Waals surface area contributed by atoms with Crippen molar-refractivity contribution in [2.24, 2.45) is 0 Å². The van der Waals surface area contributed by atoms with Crippen LogP contribution in [0.3, 0.4) is 0 Å². The Bertz CT molecular complexity index is 1220. The van der Waals surface area contributed by atoms with E-state index in [1.54, 1.807) is 24.3 Å². The Morgan fingerprint density at radius 3 is 2.53 bits per heavy atom. The number of benzene rings is 2. The van der Waals surface area contributed by atoms with Gasteiger partial charge in [-0.25, -0.2) is 13.8 Å². The largest absolute Gasteiger partial charge is 0.496 e. The molecule has 3 rings (SSSR count). The Balaban J connectivity index is 2.18. The molecule has 0 aliphatic heterocycles. The van der Waals surface area contributed by atoms with Crippen LogP contribution in [0.25, 0.3) is 5.69 Å². The second kappa shape index (κ2) is 8.60. The molecule has 156 valence electrons. The number of nitrogens with one attached hydrogen (secondary N) is 1.